The van der Waals surface area contributed by atoms with Gasteiger partial charge in [0.1, 0.15) is 5.69 Å². The van der Waals surface area contributed by atoms with Crippen molar-refractivity contribution in [3.8, 4) is 5.75 Å². The van der Waals surface area contributed by atoms with Crippen molar-refractivity contribution >= 4 is 29.4 Å². The number of carbonyl (C=O) groups excluding carboxylic acids is 1. The highest BCUT2D eigenvalue weighted by atomic mass is 32.2. The molecule has 0 spiro atoms. The van der Waals surface area contributed by atoms with Crippen LogP contribution < -0.4 is 0 Å². The fourth-order valence-corrected chi connectivity index (χ4v) is 2.59. The molecule has 12 heteroatoms. The lowest BCUT2D eigenvalue weighted by Gasteiger charge is -2.22. The number of aromatic hydroxyl groups is 1. The number of likely N-dealkylation sites (N-methyl/N-ethyl adjacent to an activating group) is 1. The fraction of sp³-hybridized carbons (Fsp3) is 0.385. The van der Waals surface area contributed by atoms with E-state index in [0.29, 0.717) is 0 Å². The van der Waals surface area contributed by atoms with E-state index in [0.717, 1.165) is 23.1 Å². The Hall–Kier alpha value is -2.11. The number of nitrogens with zero attached hydrogens (tertiary/aromatic N) is 2. The molecule has 0 bridgehead atoms. The van der Waals surface area contributed by atoms with Crippen LogP contribution in [0.2, 0.25) is 0 Å². The van der Waals surface area contributed by atoms with Gasteiger partial charge < -0.3 is 9.84 Å². The number of thioether (sulfide) groups is 1. The number of phenolic OH excluding ortho intramolecular Hbond substituents is 1. The number of rotatable bonds is 4. The molecule has 0 aromatic heterocycles. The van der Waals surface area contributed by atoms with E-state index in [1.165, 1.54) is 7.05 Å². The number of para-hydroxylation sites is 1. The van der Waals surface area contributed by atoms with Crippen LogP contribution >= 0.6 is 11.8 Å². The Bertz CT molecular complexity index is 709. The van der Waals surface area contributed by atoms with E-state index in [2.05, 4.69) is 4.99 Å². The van der Waals surface area contributed by atoms with E-state index >= 15 is 0 Å². The first-order valence-corrected chi connectivity index (χ1v) is 7.32. The largest absolute Gasteiger partial charge is 0.505 e. The molecule has 1 saturated heterocycles. The summed E-state index contributed by atoms with van der Waals surface area (Å²) in [6.45, 7) is -0.308. The molecule has 0 radical (unpaired) electrons. The van der Waals surface area contributed by atoms with Gasteiger partial charge in [0.05, 0.1) is 4.90 Å². The van der Waals surface area contributed by atoms with Crippen molar-refractivity contribution in [1.29, 1.82) is 0 Å². The predicted octanol–water partition coefficient (Wildman–Crippen LogP) is 3.45. The Morgan fingerprint density at radius 2 is 1.96 bits per heavy atom. The van der Waals surface area contributed by atoms with Crippen LogP contribution in [-0.2, 0) is 9.53 Å². The van der Waals surface area contributed by atoms with Crippen molar-refractivity contribution < 1.29 is 41.0 Å². The summed E-state index contributed by atoms with van der Waals surface area (Å²) in [7, 11) is 1.31. The Morgan fingerprint density at radius 3 is 2.48 bits per heavy atom. The number of alkyl halides is 6. The Labute approximate surface area is 141 Å². The number of hydrogen-bond donors (Lipinski definition) is 1. The molecule has 1 aliphatic rings. The highest BCUT2D eigenvalue weighted by molar-refractivity contribution is 8.00. The monoisotopic (exact) mass is 388 g/mol. The molecule has 1 fully saturated rings. The van der Waals surface area contributed by atoms with Gasteiger partial charge in [0.25, 0.3) is 18.1 Å². The van der Waals surface area contributed by atoms with Crippen LogP contribution in [-0.4, -0.2) is 53.2 Å². The first kappa shape index (κ1) is 19.2. The molecule has 1 heterocycles. The summed E-state index contributed by atoms with van der Waals surface area (Å²) < 4.78 is 81.3. The second-order valence-electron chi connectivity index (χ2n) is 4.83. The van der Waals surface area contributed by atoms with Gasteiger partial charge in [-0.2, -0.15) is 26.9 Å². The first-order chi connectivity index (χ1) is 11.4. The van der Waals surface area contributed by atoms with Gasteiger partial charge in [-0.3, -0.25) is 9.69 Å². The highest BCUT2D eigenvalue weighted by Gasteiger charge is 2.57. The van der Waals surface area contributed by atoms with Gasteiger partial charge in [0, 0.05) is 7.05 Å². The molecule has 1 aromatic rings. The summed E-state index contributed by atoms with van der Waals surface area (Å²) in [6, 6.07) is 2.93. The van der Waals surface area contributed by atoms with Gasteiger partial charge in [-0.05, 0) is 23.9 Å². The van der Waals surface area contributed by atoms with Gasteiger partial charge in [0.2, 0.25) is 0 Å². The van der Waals surface area contributed by atoms with Crippen LogP contribution in [0, 0.1) is 0 Å². The molecule has 138 valence electrons. The van der Waals surface area contributed by atoms with Crippen LogP contribution in [0.1, 0.15) is 0 Å². The van der Waals surface area contributed by atoms with Crippen LogP contribution in [0.15, 0.2) is 28.1 Å². The maximum absolute atomic E-state index is 13.5. The number of aliphatic imine (C=N–C) groups is 1. The topological polar surface area (TPSA) is 62.1 Å². The van der Waals surface area contributed by atoms with E-state index in [1.807, 2.05) is 0 Å². The van der Waals surface area contributed by atoms with Crippen LogP contribution in [0.25, 0.3) is 0 Å². The number of amidine groups is 1. The first-order valence-electron chi connectivity index (χ1n) is 6.51. The van der Waals surface area contributed by atoms with Gasteiger partial charge in [-0.1, -0.05) is 6.07 Å². The van der Waals surface area contributed by atoms with E-state index in [4.69, 9.17) is 4.74 Å². The van der Waals surface area contributed by atoms with Crippen molar-refractivity contribution in [3.05, 3.63) is 18.2 Å². The van der Waals surface area contributed by atoms with Crippen molar-refractivity contribution in [2.45, 2.75) is 22.5 Å². The molecule has 1 N–H and O–H groups in total. The van der Waals surface area contributed by atoms with E-state index < -0.39 is 45.9 Å². The summed E-state index contributed by atoms with van der Waals surface area (Å²) in [5.41, 5.74) is -0.334. The third-order valence-electron chi connectivity index (χ3n) is 3.01. The Balaban J connectivity index is 2.30. The Morgan fingerprint density at radius 1 is 1.32 bits per heavy atom. The van der Waals surface area contributed by atoms with Gasteiger partial charge in [0.15, 0.2) is 12.4 Å². The third kappa shape index (κ3) is 4.11. The number of phenols is 1. The Kier molecular flexibility index (Phi) is 5.11. The number of amides is 1. The zero-order valence-electron chi connectivity index (χ0n) is 12.4. The van der Waals surface area contributed by atoms with Gasteiger partial charge in [-0.25, -0.2) is 4.39 Å². The molecule has 5 nitrogen and oxygen atoms in total. The van der Waals surface area contributed by atoms with E-state index in [-0.39, 0.29) is 18.3 Å². The standard InChI is InChI=1S/C13H10F6N2O3S/c1-21-8(22)5-24-11(21)20-6-3-2-4-7(9(6)23)25-13(18,19)10(14)12(15,16)17/h2-4,10,23H,5H2,1H3. The van der Waals surface area contributed by atoms with Gasteiger partial charge in [-0.15, -0.1) is 0 Å². The maximum Gasteiger partial charge on any atom is 0.426 e. The third-order valence-corrected chi connectivity index (χ3v) is 4.04. The number of halogens is 6. The van der Waals surface area contributed by atoms with Crippen molar-refractivity contribution in [3.63, 3.8) is 0 Å². The average molecular weight is 388 g/mol. The van der Waals surface area contributed by atoms with E-state index in [1.54, 1.807) is 0 Å². The minimum absolute atomic E-state index is 0.229. The molecule has 2 rings (SSSR count). The van der Waals surface area contributed by atoms with Crippen LogP contribution in [0.3, 0.4) is 0 Å². The molecule has 1 amide bonds. The van der Waals surface area contributed by atoms with E-state index in [9.17, 15) is 36.2 Å². The molecule has 1 atom stereocenters. The molecule has 1 aromatic carbocycles. The summed E-state index contributed by atoms with van der Waals surface area (Å²) in [6.07, 6.45) is -10.2. The molecule has 1 aliphatic heterocycles. The molecular formula is C13H10F6N2O3S. The zero-order valence-corrected chi connectivity index (χ0v) is 13.2. The molecule has 1 unspecified atom stereocenters. The molecule has 0 aliphatic carbocycles. The minimum Gasteiger partial charge on any atom is -0.505 e. The summed E-state index contributed by atoms with van der Waals surface area (Å²) >= 11 is -0.788. The normalized spacial score (nSPS) is 18.6. The van der Waals surface area contributed by atoms with Crippen molar-refractivity contribution in [1.82, 2.24) is 4.90 Å². The van der Waals surface area contributed by atoms with Crippen molar-refractivity contribution in [2.24, 2.45) is 4.99 Å². The number of ether oxygens (including phenoxy) is 1. The average Bonchev–Trinajstić information content (AvgIpc) is 2.81. The van der Waals surface area contributed by atoms with Crippen LogP contribution in [0.4, 0.5) is 32.0 Å². The quantitative estimate of drug-likeness (QED) is 0.634. The minimum atomic E-state index is -5.76. The molecule has 25 heavy (non-hydrogen) atoms. The summed E-state index contributed by atoms with van der Waals surface area (Å²) in [4.78, 5) is 15.3. The van der Waals surface area contributed by atoms with Crippen molar-refractivity contribution in [2.75, 3.05) is 13.7 Å². The smallest absolute Gasteiger partial charge is 0.426 e. The lowest BCUT2D eigenvalue weighted by atomic mass is 10.3. The second-order valence-corrected chi connectivity index (χ2v) is 6.02. The summed E-state index contributed by atoms with van der Waals surface area (Å²) in [5, 5.41) is 5.06. The number of carbonyl (C=O) groups is 1. The second kappa shape index (κ2) is 6.65. The zero-order chi connectivity index (χ0) is 19.0. The SMILES string of the molecule is CN1C(=O)COC1=Nc1cccc(SC(F)(F)C(F)C(F)(F)F)c1O. The number of benzene rings is 1. The molecule has 0 saturated carbocycles. The predicted molar refractivity (Wildman–Crippen MR) is 75.7 cm³/mol. The highest BCUT2D eigenvalue weighted by Crippen LogP contribution is 2.49. The summed E-state index contributed by atoms with van der Waals surface area (Å²) in [5.74, 6) is -1.34. The van der Waals surface area contributed by atoms with Crippen LogP contribution in [0.5, 0.6) is 5.75 Å². The fourth-order valence-electron chi connectivity index (χ4n) is 1.71. The van der Waals surface area contributed by atoms with Gasteiger partial charge >= 0.3 is 11.4 Å². The number of hydrogen-bond acceptors (Lipinski definition) is 5. The maximum atomic E-state index is 13.5. The lowest BCUT2D eigenvalue weighted by Crippen LogP contribution is -2.39. The lowest BCUT2D eigenvalue weighted by molar-refractivity contribution is -0.219. The molecular weight excluding hydrogens is 378 g/mol.